The summed E-state index contributed by atoms with van der Waals surface area (Å²) >= 11 is 0. The molecule has 174 valence electrons. The first-order valence-electron chi connectivity index (χ1n) is 11.7. The number of guanidine groups is 1. The molecule has 0 unspecified atom stereocenters. The number of aliphatic imine (C=N–C) groups is 1. The number of anilines is 1. The molecule has 1 aliphatic heterocycles. The number of hydrogen-bond donors (Lipinski definition) is 2. The van der Waals surface area contributed by atoms with Crippen LogP contribution in [0.5, 0.6) is 11.5 Å². The Kier molecular flexibility index (Phi) is 9.47. The van der Waals surface area contributed by atoms with E-state index in [-0.39, 0.29) is 0 Å². The van der Waals surface area contributed by atoms with E-state index in [9.17, 15) is 0 Å². The summed E-state index contributed by atoms with van der Waals surface area (Å²) in [6, 6.07) is 10.4. The maximum absolute atomic E-state index is 5.68. The van der Waals surface area contributed by atoms with Gasteiger partial charge >= 0.3 is 0 Å². The van der Waals surface area contributed by atoms with Crippen molar-refractivity contribution in [1.29, 1.82) is 0 Å². The highest BCUT2D eigenvalue weighted by Gasteiger charge is 2.13. The normalized spacial score (nSPS) is 13.8. The monoisotopic (exact) mass is 439 g/mol. The van der Waals surface area contributed by atoms with E-state index in [0.717, 1.165) is 67.9 Å². The summed E-state index contributed by atoms with van der Waals surface area (Å²) in [4.78, 5) is 11.7. The van der Waals surface area contributed by atoms with E-state index in [1.54, 1.807) is 7.11 Å². The van der Waals surface area contributed by atoms with Crippen molar-refractivity contribution < 1.29 is 9.47 Å². The zero-order chi connectivity index (χ0) is 22.6. The van der Waals surface area contributed by atoms with Gasteiger partial charge in [0, 0.05) is 32.4 Å². The molecule has 7 heteroatoms. The summed E-state index contributed by atoms with van der Waals surface area (Å²) in [5.41, 5.74) is 2.36. The Morgan fingerprint density at radius 1 is 1.06 bits per heavy atom. The summed E-state index contributed by atoms with van der Waals surface area (Å²) in [6.07, 6.45) is 6.42. The number of methoxy groups -OCH3 is 1. The first-order valence-corrected chi connectivity index (χ1v) is 11.7. The fourth-order valence-electron chi connectivity index (χ4n) is 3.80. The quantitative estimate of drug-likeness (QED) is 0.315. The van der Waals surface area contributed by atoms with Crippen LogP contribution in [0.1, 0.15) is 44.2 Å². The van der Waals surface area contributed by atoms with Gasteiger partial charge in [0.25, 0.3) is 0 Å². The highest BCUT2D eigenvalue weighted by molar-refractivity contribution is 5.79. The minimum absolute atomic E-state index is 0.610. The molecule has 32 heavy (non-hydrogen) atoms. The Bertz CT molecular complexity index is 848. The Hall–Kier alpha value is -2.96. The van der Waals surface area contributed by atoms with Crippen molar-refractivity contribution in [3.63, 3.8) is 0 Å². The molecular formula is C25H37N5O2. The zero-order valence-corrected chi connectivity index (χ0v) is 19.7. The number of aryl methyl sites for hydroxylation is 1. The molecule has 0 saturated carbocycles. The minimum Gasteiger partial charge on any atom is -0.493 e. The van der Waals surface area contributed by atoms with Gasteiger partial charge < -0.3 is 25.0 Å². The number of benzene rings is 1. The number of rotatable bonds is 11. The van der Waals surface area contributed by atoms with Crippen LogP contribution in [0.25, 0.3) is 0 Å². The molecule has 1 aliphatic rings. The maximum Gasteiger partial charge on any atom is 0.191 e. The number of nitrogens with one attached hydrogen (secondary N) is 2. The minimum atomic E-state index is 0.610. The molecule has 2 N–H and O–H groups in total. The van der Waals surface area contributed by atoms with Crippen molar-refractivity contribution >= 4 is 11.8 Å². The van der Waals surface area contributed by atoms with Crippen LogP contribution < -0.4 is 25.0 Å². The molecular weight excluding hydrogens is 402 g/mol. The molecule has 3 rings (SSSR count). The van der Waals surface area contributed by atoms with Crippen molar-refractivity contribution in [3.05, 3.63) is 47.7 Å². The Balaban J connectivity index is 1.47. The highest BCUT2D eigenvalue weighted by atomic mass is 16.5. The molecule has 1 fully saturated rings. The van der Waals surface area contributed by atoms with Gasteiger partial charge in [0.2, 0.25) is 0 Å². The summed E-state index contributed by atoms with van der Waals surface area (Å²) < 4.78 is 11.0. The lowest BCUT2D eigenvalue weighted by atomic mass is 10.1. The smallest absolute Gasteiger partial charge is 0.191 e. The summed E-state index contributed by atoms with van der Waals surface area (Å²) in [7, 11) is 1.67. The highest BCUT2D eigenvalue weighted by Crippen LogP contribution is 2.28. The number of aromatic nitrogens is 1. The van der Waals surface area contributed by atoms with Crippen molar-refractivity contribution in [3.8, 4) is 11.5 Å². The predicted molar refractivity (Wildman–Crippen MR) is 131 cm³/mol. The van der Waals surface area contributed by atoms with Crippen LogP contribution in [0.15, 0.2) is 41.5 Å². The third-order valence-electron chi connectivity index (χ3n) is 5.47. The van der Waals surface area contributed by atoms with Crippen LogP contribution in [-0.4, -0.2) is 50.8 Å². The molecule has 0 radical (unpaired) electrons. The van der Waals surface area contributed by atoms with Crippen LogP contribution in [0, 0.1) is 0 Å². The largest absolute Gasteiger partial charge is 0.493 e. The van der Waals surface area contributed by atoms with E-state index in [1.807, 2.05) is 19.2 Å². The van der Waals surface area contributed by atoms with E-state index in [0.29, 0.717) is 13.2 Å². The van der Waals surface area contributed by atoms with E-state index < -0.39 is 0 Å². The van der Waals surface area contributed by atoms with E-state index in [2.05, 4.69) is 51.7 Å². The maximum atomic E-state index is 5.68. The summed E-state index contributed by atoms with van der Waals surface area (Å²) in [5.74, 6) is 3.49. The Morgan fingerprint density at radius 2 is 1.88 bits per heavy atom. The Morgan fingerprint density at radius 3 is 2.56 bits per heavy atom. The van der Waals surface area contributed by atoms with E-state index in [1.165, 1.54) is 18.4 Å². The molecule has 0 amide bonds. The second-order valence-electron chi connectivity index (χ2n) is 7.86. The van der Waals surface area contributed by atoms with E-state index >= 15 is 0 Å². The molecule has 0 bridgehead atoms. The number of hydrogen-bond acceptors (Lipinski definition) is 5. The summed E-state index contributed by atoms with van der Waals surface area (Å²) in [6.45, 7) is 9.19. The number of nitrogens with zero attached hydrogens (tertiary/aromatic N) is 3. The van der Waals surface area contributed by atoms with Crippen LogP contribution in [0.3, 0.4) is 0 Å². The van der Waals surface area contributed by atoms with Crippen molar-refractivity contribution in [2.75, 3.05) is 44.8 Å². The van der Waals surface area contributed by atoms with Gasteiger partial charge in [-0.3, -0.25) is 0 Å². The average molecular weight is 440 g/mol. The number of ether oxygens (including phenoxy) is 2. The van der Waals surface area contributed by atoms with Gasteiger partial charge in [0.05, 0.1) is 20.3 Å². The zero-order valence-electron chi connectivity index (χ0n) is 19.7. The molecule has 1 aromatic carbocycles. The lowest BCUT2D eigenvalue weighted by molar-refractivity contribution is 0.310. The molecule has 7 nitrogen and oxygen atoms in total. The summed E-state index contributed by atoms with van der Waals surface area (Å²) in [5, 5.41) is 6.76. The van der Waals surface area contributed by atoms with Gasteiger partial charge in [-0.05, 0) is 68.9 Å². The van der Waals surface area contributed by atoms with Crippen LogP contribution in [0.2, 0.25) is 0 Å². The van der Waals surface area contributed by atoms with Gasteiger partial charge in [-0.2, -0.15) is 0 Å². The molecule has 1 aromatic heterocycles. The molecule has 1 saturated heterocycles. The predicted octanol–water partition coefficient (Wildman–Crippen LogP) is 3.78. The Labute approximate surface area is 192 Å². The second kappa shape index (κ2) is 12.8. The van der Waals surface area contributed by atoms with Gasteiger partial charge in [-0.1, -0.05) is 12.1 Å². The van der Waals surface area contributed by atoms with Gasteiger partial charge in [-0.15, -0.1) is 0 Å². The van der Waals surface area contributed by atoms with Gasteiger partial charge in [0.1, 0.15) is 5.82 Å². The fourth-order valence-corrected chi connectivity index (χ4v) is 3.80. The first-order chi connectivity index (χ1) is 15.7. The molecule has 0 aliphatic carbocycles. The molecule has 0 atom stereocenters. The standard InChI is InChI=1S/C25H37N5O2/c1-4-26-25(29-19-21-11-13-24(28-18-21)30-15-6-7-16-30)27-14-8-9-20-10-12-22(31-3)23(17-20)32-5-2/h10-13,17-18H,4-9,14-16,19H2,1-3H3,(H2,26,27,29). The van der Waals surface area contributed by atoms with Crippen LogP contribution in [0.4, 0.5) is 5.82 Å². The topological polar surface area (TPSA) is 71.0 Å². The third kappa shape index (κ3) is 7.04. The third-order valence-corrected chi connectivity index (χ3v) is 5.47. The first kappa shape index (κ1) is 23.7. The molecule has 0 spiro atoms. The van der Waals surface area contributed by atoms with Gasteiger partial charge in [-0.25, -0.2) is 9.98 Å². The number of pyridine rings is 1. The van der Waals surface area contributed by atoms with Crippen molar-refractivity contribution in [2.45, 2.75) is 46.1 Å². The lowest BCUT2D eigenvalue weighted by Crippen LogP contribution is -2.37. The van der Waals surface area contributed by atoms with Crippen molar-refractivity contribution in [1.82, 2.24) is 15.6 Å². The van der Waals surface area contributed by atoms with Gasteiger partial charge in [0.15, 0.2) is 17.5 Å². The fraction of sp³-hybridized carbons (Fsp3) is 0.520. The van der Waals surface area contributed by atoms with E-state index in [4.69, 9.17) is 14.5 Å². The SMILES string of the molecule is CCNC(=NCc1ccc(N2CCCC2)nc1)NCCCc1ccc(OC)c(OCC)c1. The van der Waals surface area contributed by atoms with Crippen LogP contribution >= 0.6 is 0 Å². The van der Waals surface area contributed by atoms with Crippen molar-refractivity contribution in [2.24, 2.45) is 4.99 Å². The average Bonchev–Trinajstić information content (AvgIpc) is 3.36. The molecule has 2 heterocycles. The molecule has 2 aromatic rings. The van der Waals surface area contributed by atoms with Crippen LogP contribution in [-0.2, 0) is 13.0 Å². The lowest BCUT2D eigenvalue weighted by Gasteiger charge is -2.16. The second-order valence-corrected chi connectivity index (χ2v) is 7.86.